The molecule has 0 atom stereocenters. The van der Waals surface area contributed by atoms with Crippen LogP contribution in [0, 0.1) is 0 Å². The number of aromatic nitrogens is 3. The van der Waals surface area contributed by atoms with Gasteiger partial charge in [-0.15, -0.1) is 0 Å². The van der Waals surface area contributed by atoms with Crippen molar-refractivity contribution in [2.75, 3.05) is 0 Å². The third-order valence-corrected chi connectivity index (χ3v) is 2.21. The summed E-state index contributed by atoms with van der Waals surface area (Å²) in [6, 6.07) is 3.33. The van der Waals surface area contributed by atoms with E-state index in [0.29, 0.717) is 12.2 Å². The van der Waals surface area contributed by atoms with Gasteiger partial charge in [-0.1, -0.05) is 0 Å². The first kappa shape index (κ1) is 9.51. The lowest BCUT2D eigenvalue weighted by atomic mass is 10.4. The van der Waals surface area contributed by atoms with Gasteiger partial charge in [0.2, 0.25) is 0 Å². The van der Waals surface area contributed by atoms with Gasteiger partial charge in [-0.25, -0.2) is 9.78 Å². The molecule has 0 aromatic carbocycles. The van der Waals surface area contributed by atoms with Gasteiger partial charge in [0.1, 0.15) is 5.69 Å². The quantitative estimate of drug-likeness (QED) is 0.812. The number of hydrogen-bond acceptors (Lipinski definition) is 2. The van der Waals surface area contributed by atoms with Gasteiger partial charge in [0.05, 0.1) is 6.33 Å². The molecule has 2 aromatic heterocycles. The van der Waals surface area contributed by atoms with E-state index in [-0.39, 0.29) is 0 Å². The van der Waals surface area contributed by atoms with E-state index in [0.717, 1.165) is 6.54 Å². The van der Waals surface area contributed by atoms with Crippen molar-refractivity contribution in [1.29, 1.82) is 0 Å². The Hall–Kier alpha value is -2.04. The predicted molar refractivity (Wildman–Crippen MR) is 53.6 cm³/mol. The fraction of sp³-hybridized carbons (Fsp3) is 0.200. The summed E-state index contributed by atoms with van der Waals surface area (Å²) in [6.07, 6.45) is 7.03. The van der Waals surface area contributed by atoms with Crippen LogP contribution in [0.5, 0.6) is 0 Å². The van der Waals surface area contributed by atoms with Gasteiger partial charge < -0.3 is 14.2 Å². The highest BCUT2D eigenvalue weighted by molar-refractivity contribution is 5.85. The van der Waals surface area contributed by atoms with Crippen LogP contribution in [0.3, 0.4) is 0 Å². The van der Waals surface area contributed by atoms with Crippen molar-refractivity contribution in [3.05, 3.63) is 42.7 Å². The van der Waals surface area contributed by atoms with Gasteiger partial charge in [0.25, 0.3) is 0 Å². The smallest absolute Gasteiger partial charge is 0.352 e. The highest BCUT2D eigenvalue weighted by Crippen LogP contribution is 2.02. The van der Waals surface area contributed by atoms with Crippen LogP contribution in [0.25, 0.3) is 0 Å². The minimum atomic E-state index is -0.898. The van der Waals surface area contributed by atoms with Gasteiger partial charge >= 0.3 is 5.97 Å². The summed E-state index contributed by atoms with van der Waals surface area (Å²) in [7, 11) is 0. The molecule has 0 fully saturated rings. The van der Waals surface area contributed by atoms with Crippen LogP contribution in [-0.4, -0.2) is 25.2 Å². The molecule has 2 rings (SSSR count). The zero-order valence-corrected chi connectivity index (χ0v) is 8.08. The number of aryl methyl sites for hydroxylation is 2. The summed E-state index contributed by atoms with van der Waals surface area (Å²) in [5, 5.41) is 8.87. The topological polar surface area (TPSA) is 60.0 Å². The van der Waals surface area contributed by atoms with E-state index in [4.69, 9.17) is 5.11 Å². The van der Waals surface area contributed by atoms with Gasteiger partial charge in [0.15, 0.2) is 0 Å². The Balaban J connectivity index is 2.05. The number of hydrogen-bond donors (Lipinski definition) is 1. The molecule has 0 bridgehead atoms. The highest BCUT2D eigenvalue weighted by Gasteiger charge is 2.07. The van der Waals surface area contributed by atoms with Crippen molar-refractivity contribution >= 4 is 5.97 Å². The number of carboxylic acids is 1. The molecule has 0 aliphatic rings. The molecule has 15 heavy (non-hydrogen) atoms. The first-order chi connectivity index (χ1) is 7.27. The van der Waals surface area contributed by atoms with Gasteiger partial charge in [-0.2, -0.15) is 0 Å². The fourth-order valence-corrected chi connectivity index (χ4v) is 1.45. The Labute approximate surface area is 86.6 Å². The first-order valence-corrected chi connectivity index (χ1v) is 4.61. The first-order valence-electron chi connectivity index (χ1n) is 4.61. The number of aromatic carboxylic acids is 1. The van der Waals surface area contributed by atoms with Gasteiger partial charge in [0, 0.05) is 31.7 Å². The zero-order valence-electron chi connectivity index (χ0n) is 8.08. The molecule has 0 amide bonds. The molecular formula is C10H11N3O2. The monoisotopic (exact) mass is 205 g/mol. The van der Waals surface area contributed by atoms with E-state index < -0.39 is 5.97 Å². The lowest BCUT2D eigenvalue weighted by molar-refractivity contribution is 0.0685. The van der Waals surface area contributed by atoms with E-state index in [1.807, 2.05) is 10.8 Å². The lowest BCUT2D eigenvalue weighted by Crippen LogP contribution is -2.11. The molecule has 0 aliphatic carbocycles. The Morgan fingerprint density at radius 2 is 2.27 bits per heavy atom. The maximum absolute atomic E-state index is 10.8. The molecule has 0 saturated heterocycles. The van der Waals surface area contributed by atoms with Crippen LogP contribution in [0.1, 0.15) is 10.5 Å². The second-order valence-electron chi connectivity index (χ2n) is 3.19. The minimum absolute atomic E-state index is 0.315. The van der Waals surface area contributed by atoms with E-state index in [1.165, 1.54) is 0 Å². The van der Waals surface area contributed by atoms with Crippen LogP contribution in [0.15, 0.2) is 37.1 Å². The number of carboxylic acid groups (broad SMARTS) is 1. The molecule has 0 aliphatic heterocycles. The molecule has 0 radical (unpaired) electrons. The molecule has 2 heterocycles. The minimum Gasteiger partial charge on any atom is -0.477 e. The van der Waals surface area contributed by atoms with Crippen LogP contribution >= 0.6 is 0 Å². The van der Waals surface area contributed by atoms with Crippen molar-refractivity contribution in [3.63, 3.8) is 0 Å². The maximum atomic E-state index is 10.8. The summed E-state index contributed by atoms with van der Waals surface area (Å²) in [5.74, 6) is -0.898. The molecule has 5 heteroatoms. The van der Waals surface area contributed by atoms with Crippen molar-refractivity contribution in [1.82, 2.24) is 14.1 Å². The molecule has 78 valence electrons. The standard InChI is InChI=1S/C10H11N3O2/c14-10(15)9-2-1-4-13(9)7-6-12-5-3-11-8-12/h1-5,8H,6-7H2,(H,14,15). The molecule has 2 aromatic rings. The third-order valence-electron chi connectivity index (χ3n) is 2.21. The number of rotatable bonds is 4. The molecule has 5 nitrogen and oxygen atoms in total. The molecule has 0 saturated carbocycles. The molecule has 0 unspecified atom stereocenters. The fourth-order valence-electron chi connectivity index (χ4n) is 1.45. The second kappa shape index (κ2) is 4.00. The largest absolute Gasteiger partial charge is 0.477 e. The van der Waals surface area contributed by atoms with Gasteiger partial charge in [-0.3, -0.25) is 0 Å². The van der Waals surface area contributed by atoms with E-state index in [1.54, 1.807) is 35.4 Å². The predicted octanol–water partition coefficient (Wildman–Crippen LogP) is 1.08. The van der Waals surface area contributed by atoms with E-state index >= 15 is 0 Å². The Bertz CT molecular complexity index is 445. The van der Waals surface area contributed by atoms with Crippen molar-refractivity contribution in [3.8, 4) is 0 Å². The number of nitrogens with zero attached hydrogens (tertiary/aromatic N) is 3. The molecule has 0 spiro atoms. The van der Waals surface area contributed by atoms with Crippen molar-refractivity contribution in [2.45, 2.75) is 13.1 Å². The summed E-state index contributed by atoms with van der Waals surface area (Å²) in [4.78, 5) is 14.7. The average Bonchev–Trinajstić information content (AvgIpc) is 2.86. The number of imidazole rings is 1. The van der Waals surface area contributed by atoms with Crippen molar-refractivity contribution in [2.24, 2.45) is 0 Å². The second-order valence-corrected chi connectivity index (χ2v) is 3.19. The average molecular weight is 205 g/mol. The van der Waals surface area contributed by atoms with Crippen LogP contribution < -0.4 is 0 Å². The molecule has 1 N–H and O–H groups in total. The van der Waals surface area contributed by atoms with Crippen molar-refractivity contribution < 1.29 is 9.90 Å². The Morgan fingerprint density at radius 1 is 1.40 bits per heavy atom. The summed E-state index contributed by atoms with van der Waals surface area (Å²) >= 11 is 0. The Kier molecular flexibility index (Phi) is 2.53. The Morgan fingerprint density at radius 3 is 2.93 bits per heavy atom. The van der Waals surface area contributed by atoms with Crippen LogP contribution in [0.4, 0.5) is 0 Å². The third kappa shape index (κ3) is 2.07. The van der Waals surface area contributed by atoms with Crippen LogP contribution in [-0.2, 0) is 13.1 Å². The maximum Gasteiger partial charge on any atom is 0.352 e. The van der Waals surface area contributed by atoms with Gasteiger partial charge in [-0.05, 0) is 12.1 Å². The molecular weight excluding hydrogens is 194 g/mol. The van der Waals surface area contributed by atoms with Crippen LogP contribution in [0.2, 0.25) is 0 Å². The SMILES string of the molecule is O=C(O)c1cccn1CCn1ccnc1. The number of carbonyl (C=O) groups is 1. The van der Waals surface area contributed by atoms with E-state index in [9.17, 15) is 4.79 Å². The highest BCUT2D eigenvalue weighted by atomic mass is 16.4. The zero-order chi connectivity index (χ0) is 10.7. The summed E-state index contributed by atoms with van der Waals surface area (Å²) < 4.78 is 3.62. The lowest BCUT2D eigenvalue weighted by Gasteiger charge is -2.06. The van der Waals surface area contributed by atoms with E-state index in [2.05, 4.69) is 4.98 Å². The normalized spacial score (nSPS) is 10.4. The summed E-state index contributed by atoms with van der Waals surface area (Å²) in [5.41, 5.74) is 0.315. The summed E-state index contributed by atoms with van der Waals surface area (Å²) in [6.45, 7) is 1.35.